The molecule has 5 aromatic rings. The zero-order valence-corrected chi connectivity index (χ0v) is 25.9. The van der Waals surface area contributed by atoms with Crippen molar-refractivity contribution in [3.8, 4) is 22.8 Å². The number of ether oxygens (including phenoxy) is 2. The van der Waals surface area contributed by atoms with E-state index in [0.717, 1.165) is 63.6 Å². The molecule has 9 heterocycles. The van der Waals surface area contributed by atoms with Crippen LogP contribution in [0, 0.1) is 6.92 Å². The number of rotatable bonds is 5. The lowest BCUT2D eigenvalue weighted by Gasteiger charge is -2.37. The largest absolute Gasteiger partial charge is 0.496 e. The molecule has 46 heavy (non-hydrogen) atoms. The van der Waals surface area contributed by atoms with Gasteiger partial charge in [-0.15, -0.1) is 0 Å². The highest BCUT2D eigenvalue weighted by Crippen LogP contribution is 2.40. The maximum Gasteiger partial charge on any atom is 0.262 e. The minimum atomic E-state index is -2.64. The van der Waals surface area contributed by atoms with E-state index in [-0.39, 0.29) is 31.2 Å². The van der Waals surface area contributed by atoms with Crippen LogP contribution in [0.3, 0.4) is 0 Å². The maximum atomic E-state index is 14.3. The van der Waals surface area contributed by atoms with Gasteiger partial charge >= 0.3 is 0 Å². The standard InChI is InChI=1S/C32H34F2N10O2/c1-18-22-13-36-44(25(22)9-24(37-18)23-12-35-5-4-27(23)45-3)28-10-26-29(30(38-28)43-15-21-8-19(43)16-46-21)39-31(40(26)2)41-6-7-42-17-32(33,34)11-20(42)14-41/h4-5,9-10,12-13,19-21H,6-8,11,14-17H2,1-3H3/t19-,20+,21-/m1/s1. The Morgan fingerprint density at radius 1 is 1.04 bits per heavy atom. The molecular formula is C32H34F2N10O2. The Hall–Kier alpha value is -4.43. The summed E-state index contributed by atoms with van der Waals surface area (Å²) in [7, 11) is 3.63. The second kappa shape index (κ2) is 10.0. The number of halogens is 2. The molecule has 0 unspecified atom stereocenters. The van der Waals surface area contributed by atoms with Gasteiger partial charge in [-0.05, 0) is 25.5 Å². The smallest absolute Gasteiger partial charge is 0.262 e. The number of alkyl halides is 2. The number of nitrogens with zero attached hydrogens (tertiary/aromatic N) is 10. The Bertz CT molecular complexity index is 2010. The second-order valence-electron chi connectivity index (χ2n) is 12.9. The van der Waals surface area contributed by atoms with Crippen molar-refractivity contribution in [2.45, 2.75) is 43.9 Å². The Kier molecular flexibility index (Phi) is 6.07. The first-order valence-corrected chi connectivity index (χ1v) is 15.7. The lowest BCUT2D eigenvalue weighted by Crippen LogP contribution is -2.50. The van der Waals surface area contributed by atoms with Crippen molar-refractivity contribution in [1.82, 2.24) is 39.2 Å². The summed E-state index contributed by atoms with van der Waals surface area (Å²) in [5, 5.41) is 5.73. The number of imidazole rings is 1. The molecule has 9 rings (SSSR count). The van der Waals surface area contributed by atoms with Crippen molar-refractivity contribution < 1.29 is 18.3 Å². The summed E-state index contributed by atoms with van der Waals surface area (Å²) in [6, 6.07) is 5.87. The van der Waals surface area contributed by atoms with E-state index in [4.69, 9.17) is 29.5 Å². The van der Waals surface area contributed by atoms with Gasteiger partial charge < -0.3 is 23.8 Å². The van der Waals surface area contributed by atoms with E-state index in [0.29, 0.717) is 37.8 Å². The molecule has 0 spiro atoms. The third-order valence-electron chi connectivity index (χ3n) is 10.1. The van der Waals surface area contributed by atoms with Crippen LogP contribution in [-0.2, 0) is 11.8 Å². The average molecular weight is 629 g/mol. The van der Waals surface area contributed by atoms with Gasteiger partial charge in [0, 0.05) is 75.2 Å². The van der Waals surface area contributed by atoms with Gasteiger partial charge in [0.05, 0.1) is 60.9 Å². The number of hydrogen-bond acceptors (Lipinski definition) is 10. The molecule has 4 aliphatic rings. The zero-order valence-electron chi connectivity index (χ0n) is 25.9. The average Bonchev–Trinajstić information content (AvgIpc) is 3.88. The monoisotopic (exact) mass is 628 g/mol. The van der Waals surface area contributed by atoms with Crippen LogP contribution in [0.5, 0.6) is 5.75 Å². The van der Waals surface area contributed by atoms with E-state index in [1.165, 1.54) is 0 Å². The number of aryl methyl sites for hydroxylation is 2. The van der Waals surface area contributed by atoms with Crippen LogP contribution >= 0.6 is 0 Å². The van der Waals surface area contributed by atoms with Gasteiger partial charge in [0.2, 0.25) is 5.95 Å². The summed E-state index contributed by atoms with van der Waals surface area (Å²) >= 11 is 0. The molecule has 4 fully saturated rings. The van der Waals surface area contributed by atoms with Crippen LogP contribution in [0.1, 0.15) is 18.5 Å². The van der Waals surface area contributed by atoms with E-state index >= 15 is 0 Å². The second-order valence-corrected chi connectivity index (χ2v) is 12.9. The van der Waals surface area contributed by atoms with Crippen LogP contribution in [-0.4, -0.2) is 110 Å². The van der Waals surface area contributed by atoms with Crippen LogP contribution in [0.15, 0.2) is 36.8 Å². The fourth-order valence-electron chi connectivity index (χ4n) is 7.83. The van der Waals surface area contributed by atoms with Crippen LogP contribution in [0.4, 0.5) is 20.5 Å². The number of piperazine rings is 1. The molecule has 4 saturated heterocycles. The van der Waals surface area contributed by atoms with E-state index in [1.54, 1.807) is 19.5 Å². The van der Waals surface area contributed by atoms with Gasteiger partial charge in [-0.2, -0.15) is 5.10 Å². The van der Waals surface area contributed by atoms with Gasteiger partial charge in [-0.3, -0.25) is 14.9 Å². The summed E-state index contributed by atoms with van der Waals surface area (Å²) < 4.78 is 44.0. The summed E-state index contributed by atoms with van der Waals surface area (Å²) in [4.78, 5) is 26.0. The van der Waals surface area contributed by atoms with Gasteiger partial charge in [-0.1, -0.05) is 0 Å². The molecule has 3 atom stereocenters. The van der Waals surface area contributed by atoms with Gasteiger partial charge in [0.15, 0.2) is 11.6 Å². The Balaban J connectivity index is 1.18. The number of methoxy groups -OCH3 is 1. The lowest BCUT2D eigenvalue weighted by atomic mass is 10.1. The molecule has 0 saturated carbocycles. The number of anilines is 2. The number of morpholine rings is 1. The first kappa shape index (κ1) is 27.8. The van der Waals surface area contributed by atoms with Crippen LogP contribution in [0.2, 0.25) is 0 Å². The molecule has 14 heteroatoms. The minimum Gasteiger partial charge on any atom is -0.496 e. The SMILES string of the molecule is COc1ccncc1-c1cc2c(cnn2-c2cc3c(nc(N4CCN5CC(F)(F)C[C@H]5C4)n3C)c(N3C[C@H]4C[C@@H]3CO4)n2)c(C)n1. The molecule has 238 valence electrons. The number of aromatic nitrogens is 7. The van der Waals surface area contributed by atoms with Crippen LogP contribution < -0.4 is 14.5 Å². The Morgan fingerprint density at radius 2 is 1.93 bits per heavy atom. The molecule has 2 bridgehead atoms. The molecule has 0 radical (unpaired) electrons. The highest BCUT2D eigenvalue weighted by molar-refractivity contribution is 5.92. The van der Waals surface area contributed by atoms with E-state index in [9.17, 15) is 8.78 Å². The van der Waals surface area contributed by atoms with Crippen molar-refractivity contribution >= 4 is 33.7 Å². The number of pyridine rings is 3. The number of hydrogen-bond donors (Lipinski definition) is 0. The van der Waals surface area contributed by atoms with Crippen molar-refractivity contribution in [2.24, 2.45) is 7.05 Å². The predicted octanol–water partition coefficient (Wildman–Crippen LogP) is 3.59. The molecule has 12 nitrogen and oxygen atoms in total. The maximum absolute atomic E-state index is 14.3. The van der Waals surface area contributed by atoms with Crippen molar-refractivity contribution in [1.29, 1.82) is 0 Å². The van der Waals surface area contributed by atoms with E-state index in [2.05, 4.69) is 19.4 Å². The highest BCUT2D eigenvalue weighted by Gasteiger charge is 2.47. The Morgan fingerprint density at radius 3 is 2.74 bits per heavy atom. The minimum absolute atomic E-state index is 0.116. The molecule has 5 aromatic heterocycles. The fraction of sp³-hybridized carbons (Fsp3) is 0.469. The third kappa shape index (κ3) is 4.26. The molecule has 0 amide bonds. The lowest BCUT2D eigenvalue weighted by molar-refractivity contribution is 0.0125. The zero-order chi connectivity index (χ0) is 31.3. The van der Waals surface area contributed by atoms with Crippen molar-refractivity contribution in [3.05, 3.63) is 42.5 Å². The first-order chi connectivity index (χ1) is 22.3. The molecular weight excluding hydrogens is 594 g/mol. The summed E-state index contributed by atoms with van der Waals surface area (Å²) in [6.45, 7) is 4.95. The fourth-order valence-corrected chi connectivity index (χ4v) is 7.83. The van der Waals surface area contributed by atoms with Crippen molar-refractivity contribution in [2.75, 3.05) is 56.2 Å². The molecule has 0 N–H and O–H groups in total. The van der Waals surface area contributed by atoms with Gasteiger partial charge in [0.25, 0.3) is 5.92 Å². The Labute approximate surface area is 263 Å². The number of fused-ring (bicyclic) bond motifs is 5. The van der Waals surface area contributed by atoms with E-state index in [1.807, 2.05) is 47.9 Å². The van der Waals surface area contributed by atoms with Gasteiger partial charge in [-0.25, -0.2) is 23.4 Å². The predicted molar refractivity (Wildman–Crippen MR) is 168 cm³/mol. The molecule has 4 aliphatic heterocycles. The third-order valence-corrected chi connectivity index (χ3v) is 10.1. The van der Waals surface area contributed by atoms with Crippen molar-refractivity contribution in [3.63, 3.8) is 0 Å². The molecule has 0 aromatic carbocycles. The summed E-state index contributed by atoms with van der Waals surface area (Å²) in [6.07, 6.45) is 6.28. The first-order valence-electron chi connectivity index (χ1n) is 15.7. The topological polar surface area (TPSA) is 102 Å². The molecule has 0 aliphatic carbocycles. The van der Waals surface area contributed by atoms with E-state index < -0.39 is 5.92 Å². The van der Waals surface area contributed by atoms with Gasteiger partial charge in [0.1, 0.15) is 11.3 Å². The normalized spacial score (nSPS) is 24.1. The summed E-state index contributed by atoms with van der Waals surface area (Å²) in [5.74, 6) is 0.260. The highest BCUT2D eigenvalue weighted by atomic mass is 19.3. The van der Waals surface area contributed by atoms with Crippen LogP contribution in [0.25, 0.3) is 39.0 Å². The quantitative estimate of drug-likeness (QED) is 0.287. The summed E-state index contributed by atoms with van der Waals surface area (Å²) in [5.41, 5.74) is 4.91.